The first-order chi connectivity index (χ1) is 11.9. The predicted octanol–water partition coefficient (Wildman–Crippen LogP) is 3.47. The minimum atomic E-state index is -0.0177. The summed E-state index contributed by atoms with van der Waals surface area (Å²) in [5.41, 5.74) is 2.77. The van der Waals surface area contributed by atoms with Crippen molar-refractivity contribution >= 4 is 44.7 Å². The topological polar surface area (TPSA) is 46.4 Å². The molecule has 0 bridgehead atoms. The number of thiazole rings is 1. The molecule has 0 fully saturated rings. The average molecular weight is 375 g/mol. The van der Waals surface area contributed by atoms with Gasteiger partial charge < -0.3 is 10.2 Å². The van der Waals surface area contributed by atoms with Crippen molar-refractivity contribution in [3.63, 3.8) is 0 Å². The van der Waals surface area contributed by atoms with Crippen LogP contribution < -0.4 is 10.2 Å². The second kappa shape index (κ2) is 7.52. The lowest BCUT2D eigenvalue weighted by atomic mass is 10.2. The van der Waals surface area contributed by atoms with E-state index < -0.39 is 0 Å². The van der Waals surface area contributed by atoms with Crippen molar-refractivity contribution < 1.29 is 9.69 Å². The summed E-state index contributed by atoms with van der Waals surface area (Å²) in [6.07, 6.45) is 0. The number of nitrogens with zero attached hydrogens (tertiary/aromatic N) is 1. The molecule has 2 N–H and O–H groups in total. The lowest BCUT2D eigenvalue weighted by Crippen LogP contribution is -3.10. The molecular weight excluding hydrogens is 354 g/mol. The summed E-state index contributed by atoms with van der Waals surface area (Å²) >= 11 is 7.65. The summed E-state index contributed by atoms with van der Waals surface area (Å²) in [6.45, 7) is 4.41. The number of para-hydroxylation sites is 1. The van der Waals surface area contributed by atoms with E-state index in [0.717, 1.165) is 26.7 Å². The van der Waals surface area contributed by atoms with E-state index in [0.29, 0.717) is 11.6 Å². The molecule has 0 aliphatic carbocycles. The number of halogens is 1. The van der Waals surface area contributed by atoms with Crippen LogP contribution in [0.2, 0.25) is 5.02 Å². The fraction of sp³-hybridized carbons (Fsp3) is 0.263. The molecule has 2 aromatic carbocycles. The molecule has 2 atom stereocenters. The molecule has 130 valence electrons. The number of amides is 1. The molecule has 1 heterocycles. The maximum absolute atomic E-state index is 12.4. The van der Waals surface area contributed by atoms with Crippen molar-refractivity contribution in [1.82, 2.24) is 4.98 Å². The number of aromatic nitrogens is 1. The number of benzene rings is 2. The average Bonchev–Trinajstić information content (AvgIpc) is 3.00. The van der Waals surface area contributed by atoms with Crippen molar-refractivity contribution in [2.24, 2.45) is 0 Å². The summed E-state index contributed by atoms with van der Waals surface area (Å²) in [7, 11) is 2.02. The van der Waals surface area contributed by atoms with Gasteiger partial charge >= 0.3 is 0 Å². The summed E-state index contributed by atoms with van der Waals surface area (Å²) in [5, 5.41) is 4.69. The number of rotatable bonds is 5. The Morgan fingerprint density at radius 3 is 2.80 bits per heavy atom. The van der Waals surface area contributed by atoms with E-state index in [1.165, 1.54) is 4.70 Å². The van der Waals surface area contributed by atoms with Crippen LogP contribution in [0.25, 0.3) is 10.2 Å². The third-order valence-corrected chi connectivity index (χ3v) is 5.78. The first-order valence-corrected chi connectivity index (χ1v) is 9.37. The number of hydrogen-bond donors (Lipinski definition) is 2. The molecule has 0 aliphatic heterocycles. The first kappa shape index (κ1) is 17.9. The molecule has 3 rings (SSSR count). The van der Waals surface area contributed by atoms with Crippen LogP contribution in [0.5, 0.6) is 0 Å². The standard InChI is InChI=1S/C19H20ClN3OS/c1-12-10-14(20)8-9-15(12)21-18(24)11-23(3)13(2)19-22-16-6-4-5-7-17(16)25-19/h4-10,13H,11H2,1-3H3,(H,21,24)/p+1/t13-/m0/s1. The lowest BCUT2D eigenvalue weighted by Gasteiger charge is -2.19. The number of aryl methyl sites for hydroxylation is 1. The largest absolute Gasteiger partial charge is 0.322 e. The zero-order chi connectivity index (χ0) is 18.0. The quantitative estimate of drug-likeness (QED) is 0.718. The highest BCUT2D eigenvalue weighted by atomic mass is 35.5. The Balaban J connectivity index is 1.66. The molecule has 0 saturated heterocycles. The molecule has 25 heavy (non-hydrogen) atoms. The van der Waals surface area contributed by atoms with Crippen LogP contribution >= 0.6 is 22.9 Å². The van der Waals surface area contributed by atoms with Crippen molar-refractivity contribution in [3.8, 4) is 0 Å². The van der Waals surface area contributed by atoms with E-state index in [9.17, 15) is 4.79 Å². The van der Waals surface area contributed by atoms with Gasteiger partial charge in [-0.25, -0.2) is 4.98 Å². The Morgan fingerprint density at radius 2 is 2.08 bits per heavy atom. The van der Waals surface area contributed by atoms with Crippen LogP contribution in [-0.4, -0.2) is 24.5 Å². The van der Waals surface area contributed by atoms with E-state index in [1.807, 2.05) is 44.3 Å². The first-order valence-electron chi connectivity index (χ1n) is 8.18. The van der Waals surface area contributed by atoms with Gasteiger partial charge in [-0.05, 0) is 49.7 Å². The van der Waals surface area contributed by atoms with Gasteiger partial charge in [0.05, 0.1) is 17.3 Å². The normalized spacial score (nSPS) is 13.6. The number of carbonyl (C=O) groups is 1. The number of fused-ring (bicyclic) bond motifs is 1. The molecule has 3 aromatic rings. The Hall–Kier alpha value is -1.95. The monoisotopic (exact) mass is 374 g/mol. The molecule has 0 aliphatic rings. The molecule has 1 amide bonds. The van der Waals surface area contributed by atoms with E-state index in [-0.39, 0.29) is 11.9 Å². The van der Waals surface area contributed by atoms with Crippen LogP contribution in [-0.2, 0) is 4.79 Å². The van der Waals surface area contributed by atoms with Crippen LogP contribution in [0.15, 0.2) is 42.5 Å². The van der Waals surface area contributed by atoms with E-state index >= 15 is 0 Å². The molecule has 0 radical (unpaired) electrons. The van der Waals surface area contributed by atoms with Gasteiger partial charge in [-0.1, -0.05) is 23.7 Å². The Bertz CT molecular complexity index is 876. The summed E-state index contributed by atoms with van der Waals surface area (Å²) in [6, 6.07) is 13.7. The van der Waals surface area contributed by atoms with Gasteiger partial charge in [-0.15, -0.1) is 11.3 Å². The van der Waals surface area contributed by atoms with Crippen molar-refractivity contribution in [2.75, 3.05) is 18.9 Å². The zero-order valence-electron chi connectivity index (χ0n) is 14.5. The number of nitrogens with one attached hydrogen (secondary N) is 2. The molecule has 4 nitrogen and oxygen atoms in total. The molecule has 6 heteroatoms. The fourth-order valence-electron chi connectivity index (χ4n) is 2.65. The van der Waals surface area contributed by atoms with Crippen LogP contribution in [0.4, 0.5) is 5.69 Å². The van der Waals surface area contributed by atoms with Gasteiger partial charge in [-0.2, -0.15) is 0 Å². The fourth-order valence-corrected chi connectivity index (χ4v) is 3.99. The highest BCUT2D eigenvalue weighted by Gasteiger charge is 2.22. The van der Waals surface area contributed by atoms with Crippen molar-refractivity contribution in [3.05, 3.63) is 58.1 Å². The third-order valence-electron chi connectivity index (χ3n) is 4.32. The van der Waals surface area contributed by atoms with Crippen LogP contribution in [0.1, 0.15) is 23.5 Å². The van der Waals surface area contributed by atoms with Crippen molar-refractivity contribution in [2.45, 2.75) is 19.9 Å². The second-order valence-electron chi connectivity index (χ2n) is 6.27. The molecule has 0 saturated carbocycles. The summed E-state index contributed by atoms with van der Waals surface area (Å²) in [5.74, 6) is -0.0177. The molecule has 1 aromatic heterocycles. The number of carbonyl (C=O) groups excluding carboxylic acids is 1. The summed E-state index contributed by atoms with van der Waals surface area (Å²) < 4.78 is 1.18. The van der Waals surface area contributed by atoms with Gasteiger partial charge in [0.1, 0.15) is 6.04 Å². The van der Waals surface area contributed by atoms with Crippen LogP contribution in [0.3, 0.4) is 0 Å². The molecular formula is C19H21ClN3OS+. The maximum atomic E-state index is 12.4. The van der Waals surface area contributed by atoms with E-state index in [4.69, 9.17) is 16.6 Å². The number of hydrogen-bond acceptors (Lipinski definition) is 3. The van der Waals surface area contributed by atoms with Gasteiger partial charge in [0.2, 0.25) is 0 Å². The van der Waals surface area contributed by atoms with Crippen molar-refractivity contribution in [1.29, 1.82) is 0 Å². The van der Waals surface area contributed by atoms with E-state index in [2.05, 4.69) is 18.3 Å². The second-order valence-corrected chi connectivity index (χ2v) is 7.77. The Morgan fingerprint density at radius 1 is 1.32 bits per heavy atom. The third kappa shape index (κ3) is 4.18. The summed E-state index contributed by atoms with van der Waals surface area (Å²) in [4.78, 5) is 18.2. The minimum Gasteiger partial charge on any atom is -0.322 e. The van der Waals surface area contributed by atoms with E-state index in [1.54, 1.807) is 17.4 Å². The number of quaternary nitrogens is 1. The van der Waals surface area contributed by atoms with Crippen LogP contribution in [0, 0.1) is 6.92 Å². The van der Waals surface area contributed by atoms with Gasteiger partial charge in [0.25, 0.3) is 5.91 Å². The highest BCUT2D eigenvalue weighted by Crippen LogP contribution is 2.24. The van der Waals surface area contributed by atoms with Gasteiger partial charge in [-0.3, -0.25) is 4.79 Å². The Labute approximate surface area is 156 Å². The number of anilines is 1. The maximum Gasteiger partial charge on any atom is 0.279 e. The lowest BCUT2D eigenvalue weighted by molar-refractivity contribution is -0.902. The predicted molar refractivity (Wildman–Crippen MR) is 105 cm³/mol. The Kier molecular flexibility index (Phi) is 5.37. The zero-order valence-corrected chi connectivity index (χ0v) is 16.0. The smallest absolute Gasteiger partial charge is 0.279 e. The molecule has 1 unspecified atom stereocenters. The van der Waals surface area contributed by atoms with Gasteiger partial charge in [0.15, 0.2) is 11.6 Å². The SMILES string of the molecule is Cc1cc(Cl)ccc1NC(=O)C[NH+](C)[C@@H](C)c1nc2ccccc2s1. The highest BCUT2D eigenvalue weighted by molar-refractivity contribution is 7.18. The van der Waals surface area contributed by atoms with Gasteiger partial charge in [0, 0.05) is 10.7 Å². The molecule has 0 spiro atoms. The number of likely N-dealkylation sites (N-methyl/N-ethyl adjacent to an activating group) is 1. The minimum absolute atomic E-state index is 0.0177.